The summed E-state index contributed by atoms with van der Waals surface area (Å²) in [5.41, 5.74) is 3.74. The number of methoxy groups -OCH3 is 1. The van der Waals surface area contributed by atoms with Crippen molar-refractivity contribution in [2.24, 2.45) is 5.10 Å². The van der Waals surface area contributed by atoms with E-state index in [4.69, 9.17) is 4.74 Å². The van der Waals surface area contributed by atoms with E-state index in [9.17, 15) is 9.90 Å². The smallest absolute Gasteiger partial charge is 0.262 e. The van der Waals surface area contributed by atoms with E-state index in [-0.39, 0.29) is 11.7 Å². The SMILES string of the molecule is COc1ccc(N[C@H](C)C(=O)N/N=C\c2cc(Br)ccc2O)cc1. The molecule has 1 amide bonds. The minimum atomic E-state index is -0.480. The standard InChI is InChI=1S/C17H18BrN3O3/c1-11(20-14-4-6-15(24-2)7-5-14)17(23)21-19-10-12-9-13(18)3-8-16(12)22/h3-11,20,22H,1-2H3,(H,21,23)/b19-10-/t11-/m1/s1. The molecule has 0 heterocycles. The van der Waals surface area contributed by atoms with Crippen molar-refractivity contribution in [2.45, 2.75) is 13.0 Å². The molecule has 0 saturated carbocycles. The fourth-order valence-corrected chi connectivity index (χ4v) is 2.27. The van der Waals surface area contributed by atoms with E-state index in [1.54, 1.807) is 44.4 Å². The molecule has 6 nitrogen and oxygen atoms in total. The Balaban J connectivity index is 1.91. The van der Waals surface area contributed by atoms with Crippen LogP contribution in [0, 0.1) is 0 Å². The second kappa shape index (κ2) is 8.35. The van der Waals surface area contributed by atoms with Crippen LogP contribution >= 0.6 is 15.9 Å². The fourth-order valence-electron chi connectivity index (χ4n) is 1.89. The average Bonchev–Trinajstić information content (AvgIpc) is 2.58. The molecule has 7 heteroatoms. The molecule has 24 heavy (non-hydrogen) atoms. The second-order valence-corrected chi connectivity index (χ2v) is 5.95. The number of hydrogen-bond acceptors (Lipinski definition) is 5. The molecular weight excluding hydrogens is 374 g/mol. The summed E-state index contributed by atoms with van der Waals surface area (Å²) in [5, 5.41) is 16.6. The summed E-state index contributed by atoms with van der Waals surface area (Å²) in [4.78, 5) is 12.0. The molecule has 2 aromatic rings. The zero-order valence-electron chi connectivity index (χ0n) is 13.3. The Kier molecular flexibility index (Phi) is 6.20. The zero-order valence-corrected chi connectivity index (χ0v) is 14.9. The first-order valence-electron chi connectivity index (χ1n) is 7.21. The van der Waals surface area contributed by atoms with Crippen molar-refractivity contribution in [3.8, 4) is 11.5 Å². The molecule has 0 saturated heterocycles. The molecule has 0 radical (unpaired) electrons. The third-order valence-corrected chi connectivity index (χ3v) is 3.73. The number of anilines is 1. The summed E-state index contributed by atoms with van der Waals surface area (Å²) < 4.78 is 5.89. The molecule has 0 unspecified atom stereocenters. The van der Waals surface area contributed by atoms with E-state index < -0.39 is 6.04 Å². The van der Waals surface area contributed by atoms with Crippen molar-refractivity contribution in [3.63, 3.8) is 0 Å². The molecule has 126 valence electrons. The summed E-state index contributed by atoms with van der Waals surface area (Å²) in [6.07, 6.45) is 1.39. The van der Waals surface area contributed by atoms with Gasteiger partial charge in [-0.05, 0) is 49.4 Å². The largest absolute Gasteiger partial charge is 0.507 e. The highest BCUT2D eigenvalue weighted by atomic mass is 79.9. The van der Waals surface area contributed by atoms with Crippen LogP contribution < -0.4 is 15.5 Å². The van der Waals surface area contributed by atoms with Crippen molar-refractivity contribution in [2.75, 3.05) is 12.4 Å². The van der Waals surface area contributed by atoms with E-state index in [1.807, 2.05) is 12.1 Å². The van der Waals surface area contributed by atoms with Gasteiger partial charge in [-0.15, -0.1) is 0 Å². The van der Waals surface area contributed by atoms with E-state index in [2.05, 4.69) is 31.8 Å². The lowest BCUT2D eigenvalue weighted by molar-refractivity contribution is -0.121. The first-order chi connectivity index (χ1) is 11.5. The maximum atomic E-state index is 12.0. The Morgan fingerprint density at radius 2 is 2.00 bits per heavy atom. The molecule has 0 bridgehead atoms. The first-order valence-corrected chi connectivity index (χ1v) is 8.01. The minimum Gasteiger partial charge on any atom is -0.507 e. The van der Waals surface area contributed by atoms with Gasteiger partial charge in [0.25, 0.3) is 5.91 Å². The number of halogens is 1. The summed E-state index contributed by atoms with van der Waals surface area (Å²) >= 11 is 3.31. The summed E-state index contributed by atoms with van der Waals surface area (Å²) in [7, 11) is 1.60. The highest BCUT2D eigenvalue weighted by Crippen LogP contribution is 2.20. The third-order valence-electron chi connectivity index (χ3n) is 3.23. The number of nitrogens with zero attached hydrogens (tertiary/aromatic N) is 1. The van der Waals surface area contributed by atoms with Crippen molar-refractivity contribution in [3.05, 3.63) is 52.5 Å². The monoisotopic (exact) mass is 391 g/mol. The maximum Gasteiger partial charge on any atom is 0.262 e. The van der Waals surface area contributed by atoms with Gasteiger partial charge >= 0.3 is 0 Å². The number of amides is 1. The number of hydrogen-bond donors (Lipinski definition) is 3. The van der Waals surface area contributed by atoms with Crippen LogP contribution in [-0.2, 0) is 4.79 Å². The maximum absolute atomic E-state index is 12.0. The third kappa shape index (κ3) is 4.99. The Bertz CT molecular complexity index is 732. The van der Waals surface area contributed by atoms with Crippen LogP contribution in [0.2, 0.25) is 0 Å². The van der Waals surface area contributed by atoms with E-state index in [0.29, 0.717) is 5.56 Å². The normalized spacial score (nSPS) is 12.0. The molecule has 3 N–H and O–H groups in total. The van der Waals surface area contributed by atoms with Gasteiger partial charge in [0.1, 0.15) is 17.5 Å². The van der Waals surface area contributed by atoms with Gasteiger partial charge < -0.3 is 15.2 Å². The number of carbonyl (C=O) groups excluding carboxylic acids is 1. The van der Waals surface area contributed by atoms with Crippen molar-refractivity contribution < 1.29 is 14.6 Å². The van der Waals surface area contributed by atoms with Crippen LogP contribution in [0.1, 0.15) is 12.5 Å². The van der Waals surface area contributed by atoms with E-state index in [1.165, 1.54) is 6.21 Å². The van der Waals surface area contributed by atoms with Gasteiger partial charge in [0, 0.05) is 15.7 Å². The number of carbonyl (C=O) groups is 1. The van der Waals surface area contributed by atoms with Gasteiger partial charge in [0.2, 0.25) is 0 Å². The van der Waals surface area contributed by atoms with Crippen LogP contribution in [0.3, 0.4) is 0 Å². The summed E-state index contributed by atoms with van der Waals surface area (Å²) in [6, 6.07) is 11.7. The van der Waals surface area contributed by atoms with Crippen molar-refractivity contribution in [1.82, 2.24) is 5.43 Å². The summed E-state index contributed by atoms with van der Waals surface area (Å²) in [6.45, 7) is 1.73. The number of phenols is 1. The average molecular weight is 392 g/mol. The molecule has 0 aliphatic heterocycles. The predicted molar refractivity (Wildman–Crippen MR) is 97.6 cm³/mol. The van der Waals surface area contributed by atoms with Gasteiger partial charge in [-0.3, -0.25) is 4.79 Å². The molecule has 2 aromatic carbocycles. The fraction of sp³-hybridized carbons (Fsp3) is 0.176. The Labute approximate surface area is 148 Å². The number of hydrazone groups is 1. The Hall–Kier alpha value is -2.54. The van der Waals surface area contributed by atoms with Crippen LogP contribution in [-0.4, -0.2) is 30.4 Å². The second-order valence-electron chi connectivity index (χ2n) is 5.03. The highest BCUT2D eigenvalue weighted by Gasteiger charge is 2.11. The Morgan fingerprint density at radius 3 is 2.67 bits per heavy atom. The topological polar surface area (TPSA) is 83.0 Å². The Morgan fingerprint density at radius 1 is 1.29 bits per heavy atom. The molecule has 0 aliphatic rings. The number of ether oxygens (including phenoxy) is 1. The number of phenolic OH excluding ortho intramolecular Hbond substituents is 1. The molecule has 0 spiro atoms. The van der Waals surface area contributed by atoms with Crippen LogP contribution in [0.4, 0.5) is 5.69 Å². The van der Waals surface area contributed by atoms with E-state index in [0.717, 1.165) is 15.9 Å². The quantitative estimate of drug-likeness (QED) is 0.521. The number of nitrogens with one attached hydrogen (secondary N) is 2. The molecule has 1 atom stereocenters. The van der Waals surface area contributed by atoms with Gasteiger partial charge in [-0.2, -0.15) is 5.10 Å². The van der Waals surface area contributed by atoms with Gasteiger partial charge in [0.15, 0.2) is 0 Å². The zero-order chi connectivity index (χ0) is 17.5. The lowest BCUT2D eigenvalue weighted by Crippen LogP contribution is -2.34. The van der Waals surface area contributed by atoms with Gasteiger partial charge in [-0.1, -0.05) is 15.9 Å². The molecule has 0 aliphatic carbocycles. The van der Waals surface area contributed by atoms with Crippen LogP contribution in [0.5, 0.6) is 11.5 Å². The number of aromatic hydroxyl groups is 1. The van der Waals surface area contributed by atoms with Crippen LogP contribution in [0.15, 0.2) is 52.0 Å². The van der Waals surface area contributed by atoms with E-state index >= 15 is 0 Å². The first kappa shape index (κ1) is 17.8. The van der Waals surface area contributed by atoms with Crippen molar-refractivity contribution >= 4 is 33.7 Å². The number of benzene rings is 2. The number of rotatable bonds is 6. The van der Waals surface area contributed by atoms with Crippen molar-refractivity contribution in [1.29, 1.82) is 0 Å². The molecular formula is C17H18BrN3O3. The van der Waals surface area contributed by atoms with Crippen LogP contribution in [0.25, 0.3) is 0 Å². The highest BCUT2D eigenvalue weighted by molar-refractivity contribution is 9.10. The summed E-state index contributed by atoms with van der Waals surface area (Å²) in [5.74, 6) is 0.535. The molecule has 2 rings (SSSR count). The lowest BCUT2D eigenvalue weighted by atomic mass is 10.2. The lowest BCUT2D eigenvalue weighted by Gasteiger charge is -2.13. The molecule has 0 aromatic heterocycles. The predicted octanol–water partition coefficient (Wildman–Crippen LogP) is 3.11. The van der Waals surface area contributed by atoms with Gasteiger partial charge in [-0.25, -0.2) is 5.43 Å². The van der Waals surface area contributed by atoms with Gasteiger partial charge in [0.05, 0.1) is 13.3 Å². The molecule has 0 fully saturated rings. The minimum absolute atomic E-state index is 0.0839.